The maximum Gasteiger partial charge on any atom is 0.309 e. The maximum atomic E-state index is 14.0. The van der Waals surface area contributed by atoms with Crippen molar-refractivity contribution in [2.75, 3.05) is 6.54 Å². The summed E-state index contributed by atoms with van der Waals surface area (Å²) < 4.78 is 49.5. The van der Waals surface area contributed by atoms with Gasteiger partial charge in [0.25, 0.3) is 0 Å². The average molecular weight is 474 g/mol. The van der Waals surface area contributed by atoms with E-state index >= 15 is 0 Å². The molecule has 1 saturated heterocycles. The summed E-state index contributed by atoms with van der Waals surface area (Å²) in [5.74, 6) is -0.837. The number of hydrogen-bond acceptors (Lipinski definition) is 5. The Balaban J connectivity index is 1.46. The molecular formula is C23H24FN3O5S. The molecule has 1 saturated carbocycles. The van der Waals surface area contributed by atoms with Gasteiger partial charge in [-0.1, -0.05) is 0 Å². The fraction of sp³-hybridized carbons (Fsp3) is 0.391. The van der Waals surface area contributed by atoms with Crippen LogP contribution < -0.4 is 4.74 Å². The Morgan fingerprint density at radius 2 is 1.94 bits per heavy atom. The summed E-state index contributed by atoms with van der Waals surface area (Å²) in [6.45, 7) is 3.99. The smallest absolute Gasteiger partial charge is 0.309 e. The van der Waals surface area contributed by atoms with Crippen LogP contribution in [0.4, 0.5) is 4.39 Å². The third kappa shape index (κ3) is 3.87. The lowest BCUT2D eigenvalue weighted by Gasteiger charge is -2.21. The molecule has 2 heterocycles. The lowest BCUT2D eigenvalue weighted by molar-refractivity contribution is -0.136. The van der Waals surface area contributed by atoms with Crippen molar-refractivity contribution in [3.05, 3.63) is 54.0 Å². The molecule has 0 spiro atoms. The molecular weight excluding hydrogens is 449 g/mol. The highest BCUT2D eigenvalue weighted by Crippen LogP contribution is 2.53. The van der Waals surface area contributed by atoms with Crippen molar-refractivity contribution in [1.29, 1.82) is 0 Å². The first kappa shape index (κ1) is 21.8. The molecule has 33 heavy (non-hydrogen) atoms. The summed E-state index contributed by atoms with van der Waals surface area (Å²) in [4.78, 5) is 11.5. The van der Waals surface area contributed by atoms with Crippen molar-refractivity contribution in [3.8, 4) is 5.75 Å². The van der Waals surface area contributed by atoms with E-state index in [1.807, 2.05) is 13.8 Å². The Morgan fingerprint density at radius 1 is 1.21 bits per heavy atom. The van der Waals surface area contributed by atoms with Gasteiger partial charge in [0, 0.05) is 23.9 Å². The second-order valence-electron chi connectivity index (χ2n) is 8.87. The first-order valence-electron chi connectivity index (χ1n) is 10.8. The number of fused-ring (bicyclic) bond motifs is 2. The molecule has 1 aliphatic heterocycles. The van der Waals surface area contributed by atoms with Gasteiger partial charge in [-0.05, 0) is 62.7 Å². The van der Waals surface area contributed by atoms with Crippen molar-refractivity contribution in [1.82, 2.24) is 14.1 Å². The van der Waals surface area contributed by atoms with Gasteiger partial charge in [0.05, 0.1) is 34.7 Å². The largest absolute Gasteiger partial charge is 0.491 e. The van der Waals surface area contributed by atoms with Gasteiger partial charge in [-0.25, -0.2) is 12.8 Å². The van der Waals surface area contributed by atoms with Gasteiger partial charge < -0.3 is 9.84 Å². The molecule has 1 N–H and O–H groups in total. The molecule has 3 atom stereocenters. The third-order valence-corrected chi connectivity index (χ3v) is 8.12. The number of piperidine rings is 1. The van der Waals surface area contributed by atoms with Gasteiger partial charge in [-0.3, -0.25) is 9.48 Å². The molecule has 0 bridgehead atoms. The van der Waals surface area contributed by atoms with E-state index in [1.54, 1.807) is 28.9 Å². The van der Waals surface area contributed by atoms with Crippen LogP contribution in [0.3, 0.4) is 0 Å². The van der Waals surface area contributed by atoms with E-state index in [9.17, 15) is 22.7 Å². The molecule has 2 aromatic carbocycles. The van der Waals surface area contributed by atoms with Crippen molar-refractivity contribution in [2.45, 2.75) is 49.8 Å². The molecule has 1 aromatic heterocycles. The molecule has 0 amide bonds. The summed E-state index contributed by atoms with van der Waals surface area (Å²) in [5.41, 5.74) is 0.827. The Labute approximate surface area is 190 Å². The number of benzene rings is 2. The van der Waals surface area contributed by atoms with Crippen LogP contribution in [0.2, 0.25) is 0 Å². The number of carboxylic acid groups (broad SMARTS) is 1. The predicted molar refractivity (Wildman–Crippen MR) is 118 cm³/mol. The number of aromatic nitrogens is 2. The number of halogens is 1. The highest BCUT2D eigenvalue weighted by Gasteiger charge is 2.58. The topological polar surface area (TPSA) is 102 Å². The van der Waals surface area contributed by atoms with Crippen LogP contribution in [0.5, 0.6) is 5.75 Å². The van der Waals surface area contributed by atoms with Crippen molar-refractivity contribution >= 4 is 26.9 Å². The van der Waals surface area contributed by atoms with E-state index in [2.05, 4.69) is 5.10 Å². The first-order chi connectivity index (χ1) is 15.6. The van der Waals surface area contributed by atoms with Gasteiger partial charge in [-0.15, -0.1) is 0 Å². The monoisotopic (exact) mass is 473 g/mol. The van der Waals surface area contributed by atoms with E-state index in [0.717, 1.165) is 0 Å². The normalized spacial score (nSPS) is 22.6. The average Bonchev–Trinajstić information content (AvgIpc) is 3.31. The number of rotatable bonds is 7. The highest BCUT2D eigenvalue weighted by molar-refractivity contribution is 7.89. The molecule has 3 aromatic rings. The molecule has 8 nitrogen and oxygen atoms in total. The number of sulfonamides is 1. The summed E-state index contributed by atoms with van der Waals surface area (Å²) >= 11 is 0. The molecule has 2 fully saturated rings. The van der Waals surface area contributed by atoms with Gasteiger partial charge in [0.2, 0.25) is 10.0 Å². The fourth-order valence-corrected chi connectivity index (χ4v) is 6.43. The van der Waals surface area contributed by atoms with Crippen LogP contribution in [0, 0.1) is 11.7 Å². The molecule has 10 heteroatoms. The van der Waals surface area contributed by atoms with Gasteiger partial charge in [0.1, 0.15) is 11.6 Å². The zero-order valence-electron chi connectivity index (χ0n) is 18.2. The molecule has 174 valence electrons. The zero-order valence-corrected chi connectivity index (χ0v) is 19.0. The van der Waals surface area contributed by atoms with Gasteiger partial charge >= 0.3 is 5.97 Å². The Hall–Kier alpha value is -2.98. The number of nitrogens with zero attached hydrogens (tertiary/aromatic N) is 3. The molecule has 5 rings (SSSR count). The minimum absolute atomic E-state index is 0.0150. The molecule has 0 radical (unpaired) electrons. The lowest BCUT2D eigenvalue weighted by atomic mass is 10.1. The van der Waals surface area contributed by atoms with Crippen LogP contribution in [-0.4, -0.2) is 52.3 Å². The van der Waals surface area contributed by atoms with E-state index in [4.69, 9.17) is 4.74 Å². The number of carboxylic acids is 1. The summed E-state index contributed by atoms with van der Waals surface area (Å²) in [6.07, 6.45) is 0.380. The minimum Gasteiger partial charge on any atom is -0.491 e. The SMILES string of the molecule is CC(C)Oc1ccc(S(=O)(=O)N2C[C@H](n3nc(CC(=O)O)c4ccc(F)cc43)[C@@H]3C[C@@H]32)cc1. The summed E-state index contributed by atoms with van der Waals surface area (Å²) in [6, 6.07) is 10.1. The number of carbonyl (C=O) groups is 1. The van der Waals surface area contributed by atoms with E-state index in [0.29, 0.717) is 28.8 Å². The van der Waals surface area contributed by atoms with E-state index < -0.39 is 21.8 Å². The van der Waals surface area contributed by atoms with Crippen LogP contribution in [0.1, 0.15) is 32.0 Å². The Morgan fingerprint density at radius 3 is 2.61 bits per heavy atom. The Kier molecular flexibility index (Phi) is 5.17. The second-order valence-corrected chi connectivity index (χ2v) is 10.8. The number of hydrogen-bond donors (Lipinski definition) is 1. The predicted octanol–water partition coefficient (Wildman–Crippen LogP) is 3.22. The Bertz CT molecular complexity index is 1340. The molecule has 0 unspecified atom stereocenters. The molecule has 1 aliphatic carbocycles. The summed E-state index contributed by atoms with van der Waals surface area (Å²) in [5, 5.41) is 14.3. The van der Waals surface area contributed by atoms with Crippen LogP contribution >= 0.6 is 0 Å². The van der Waals surface area contributed by atoms with Crippen LogP contribution in [-0.2, 0) is 21.2 Å². The zero-order chi connectivity index (χ0) is 23.5. The lowest BCUT2D eigenvalue weighted by Crippen LogP contribution is -2.33. The minimum atomic E-state index is -3.74. The fourth-order valence-electron chi connectivity index (χ4n) is 4.74. The van der Waals surface area contributed by atoms with E-state index in [-0.39, 0.29) is 42.0 Å². The third-order valence-electron chi connectivity index (χ3n) is 6.22. The van der Waals surface area contributed by atoms with Crippen molar-refractivity contribution in [3.63, 3.8) is 0 Å². The quantitative estimate of drug-likeness (QED) is 0.565. The van der Waals surface area contributed by atoms with E-state index in [1.165, 1.54) is 22.5 Å². The summed E-state index contributed by atoms with van der Waals surface area (Å²) in [7, 11) is -3.74. The van der Waals surface area contributed by atoms with Crippen molar-refractivity contribution in [2.24, 2.45) is 5.92 Å². The van der Waals surface area contributed by atoms with Gasteiger partial charge in [0.15, 0.2) is 0 Å². The highest BCUT2D eigenvalue weighted by atomic mass is 32.2. The maximum absolute atomic E-state index is 14.0. The first-order valence-corrected chi connectivity index (χ1v) is 12.3. The standard InChI is InChI=1S/C23H24FN3O5S/c1-13(2)32-15-4-6-16(7-5-15)33(30,31)26-12-22(18-10-20(18)26)27-21-9-14(24)3-8-17(21)19(25-27)11-23(28)29/h3-9,13,18,20,22H,10-12H2,1-2H3,(H,28,29)/t18-,20+,22+/m1/s1. The molecule has 2 aliphatic rings. The number of ether oxygens (including phenoxy) is 1. The number of aliphatic carboxylic acids is 1. The van der Waals surface area contributed by atoms with Crippen LogP contribution in [0.15, 0.2) is 47.4 Å². The second kappa shape index (κ2) is 7.81. The van der Waals surface area contributed by atoms with Gasteiger partial charge in [-0.2, -0.15) is 9.40 Å². The van der Waals surface area contributed by atoms with Crippen LogP contribution in [0.25, 0.3) is 10.9 Å². The van der Waals surface area contributed by atoms with Crippen molar-refractivity contribution < 1.29 is 27.4 Å².